The molecule has 0 radical (unpaired) electrons. The van der Waals surface area contributed by atoms with Gasteiger partial charge in [0.1, 0.15) is 11.5 Å². The molecule has 0 atom stereocenters. The average molecular weight is 384 g/mol. The summed E-state index contributed by atoms with van der Waals surface area (Å²) in [7, 11) is 0. The number of hydrogen-bond donors (Lipinski definition) is 1. The molecule has 1 saturated heterocycles. The van der Waals surface area contributed by atoms with Crippen molar-refractivity contribution >= 4 is 18.4 Å². The number of aliphatic carboxylic acids is 1. The number of fused-ring (bicyclic) bond motifs is 2. The number of nitrogens with zero attached hydrogens (tertiary/aromatic N) is 1. The summed E-state index contributed by atoms with van der Waals surface area (Å²) in [6.45, 7) is 5.41. The molecular formula is C20H30ClNO4. The number of benzene rings is 1. The van der Waals surface area contributed by atoms with Crippen LogP contribution in [-0.4, -0.2) is 48.8 Å². The molecule has 2 heterocycles. The number of carboxylic acids is 1. The Hall–Kier alpha value is -1.46. The zero-order valence-corrected chi connectivity index (χ0v) is 16.4. The highest BCUT2D eigenvalue weighted by molar-refractivity contribution is 5.85. The van der Waals surface area contributed by atoms with E-state index in [0.29, 0.717) is 6.61 Å². The highest BCUT2D eigenvalue weighted by Crippen LogP contribution is 2.46. The molecule has 0 bridgehead atoms. The van der Waals surface area contributed by atoms with E-state index in [9.17, 15) is 4.79 Å². The van der Waals surface area contributed by atoms with E-state index in [-0.39, 0.29) is 24.4 Å². The lowest BCUT2D eigenvalue weighted by atomic mass is 9.74. The average Bonchev–Trinajstić information content (AvgIpc) is 2.95. The number of hydrogen-bond acceptors (Lipinski definition) is 4. The normalized spacial score (nSPS) is 18.0. The van der Waals surface area contributed by atoms with Gasteiger partial charge in [-0.15, -0.1) is 12.4 Å². The van der Waals surface area contributed by atoms with E-state index in [2.05, 4.69) is 13.0 Å². The van der Waals surface area contributed by atoms with E-state index in [1.165, 1.54) is 24.8 Å². The van der Waals surface area contributed by atoms with E-state index in [4.69, 9.17) is 14.6 Å². The summed E-state index contributed by atoms with van der Waals surface area (Å²) in [5.41, 5.74) is 1.26. The Morgan fingerprint density at radius 3 is 2.73 bits per heavy atom. The van der Waals surface area contributed by atoms with Crippen LogP contribution < -0.4 is 9.47 Å². The molecular weight excluding hydrogens is 354 g/mol. The van der Waals surface area contributed by atoms with Gasteiger partial charge in [0.05, 0.1) is 19.8 Å². The summed E-state index contributed by atoms with van der Waals surface area (Å²) in [5.74, 6) is 1.14. The number of rotatable bonds is 8. The van der Waals surface area contributed by atoms with Crippen LogP contribution in [0.25, 0.3) is 0 Å². The predicted octanol–water partition coefficient (Wildman–Crippen LogP) is 3.88. The molecule has 1 N–H and O–H groups in total. The molecule has 26 heavy (non-hydrogen) atoms. The molecule has 1 spiro atoms. The maximum absolute atomic E-state index is 10.9. The van der Waals surface area contributed by atoms with Crippen LogP contribution in [0.15, 0.2) is 18.2 Å². The summed E-state index contributed by atoms with van der Waals surface area (Å²) in [4.78, 5) is 12.9. The van der Waals surface area contributed by atoms with Gasteiger partial charge < -0.3 is 14.6 Å². The number of carboxylic acid groups (broad SMARTS) is 1. The Balaban J connectivity index is 0.00000243. The standard InChI is InChI=1S/C20H29NO4.ClH/c1-2-3-4-5-12-24-16-6-7-18-17(13-16)20(15-25-18)8-10-21(11-9-20)14-19(22)23;/h6-7,13H,2-5,8-12,14-15H2,1H3,(H,22,23);1H. The predicted molar refractivity (Wildman–Crippen MR) is 104 cm³/mol. The Bertz CT molecular complexity index is 599. The second kappa shape index (κ2) is 9.47. The minimum absolute atomic E-state index is 0. The summed E-state index contributed by atoms with van der Waals surface area (Å²) in [6.07, 6.45) is 6.68. The molecule has 0 amide bonds. The molecule has 0 aliphatic carbocycles. The molecule has 2 aliphatic heterocycles. The zero-order valence-electron chi connectivity index (χ0n) is 15.5. The Morgan fingerprint density at radius 2 is 2.04 bits per heavy atom. The second-order valence-corrected chi connectivity index (χ2v) is 7.31. The van der Waals surface area contributed by atoms with E-state index in [1.807, 2.05) is 17.0 Å². The second-order valence-electron chi connectivity index (χ2n) is 7.31. The first kappa shape index (κ1) is 20.8. The van der Waals surface area contributed by atoms with Gasteiger partial charge in [-0.1, -0.05) is 26.2 Å². The van der Waals surface area contributed by atoms with Crippen molar-refractivity contribution in [2.75, 3.05) is 32.8 Å². The fourth-order valence-electron chi connectivity index (χ4n) is 3.90. The molecule has 1 fully saturated rings. The maximum Gasteiger partial charge on any atom is 0.317 e. The van der Waals surface area contributed by atoms with Crippen LogP contribution in [0.1, 0.15) is 51.0 Å². The summed E-state index contributed by atoms with van der Waals surface area (Å²) < 4.78 is 11.9. The van der Waals surface area contributed by atoms with E-state index >= 15 is 0 Å². The van der Waals surface area contributed by atoms with Crippen LogP contribution in [-0.2, 0) is 10.2 Å². The topological polar surface area (TPSA) is 59.0 Å². The maximum atomic E-state index is 10.9. The summed E-state index contributed by atoms with van der Waals surface area (Å²) in [5, 5.41) is 8.97. The molecule has 0 aromatic heterocycles. The van der Waals surface area contributed by atoms with E-state index in [1.54, 1.807) is 0 Å². The summed E-state index contributed by atoms with van der Waals surface area (Å²) >= 11 is 0. The molecule has 5 nitrogen and oxygen atoms in total. The Labute approximate surface area is 162 Å². The van der Waals surface area contributed by atoms with Gasteiger partial charge in [-0.25, -0.2) is 0 Å². The molecule has 0 saturated carbocycles. The molecule has 2 aliphatic rings. The first-order valence-corrected chi connectivity index (χ1v) is 9.47. The number of halogens is 1. The third-order valence-corrected chi connectivity index (χ3v) is 5.47. The van der Waals surface area contributed by atoms with Gasteiger partial charge in [-0.05, 0) is 50.6 Å². The molecule has 6 heteroatoms. The zero-order chi connectivity index (χ0) is 17.7. The molecule has 3 rings (SSSR count). The Kier molecular flexibility index (Phi) is 7.59. The largest absolute Gasteiger partial charge is 0.494 e. The van der Waals surface area contributed by atoms with Gasteiger partial charge in [0, 0.05) is 11.0 Å². The lowest BCUT2D eigenvalue weighted by molar-refractivity contribution is -0.138. The highest BCUT2D eigenvalue weighted by Gasteiger charge is 2.43. The summed E-state index contributed by atoms with van der Waals surface area (Å²) in [6, 6.07) is 6.17. The van der Waals surface area contributed by atoms with Crippen LogP contribution in [0, 0.1) is 0 Å². The third-order valence-electron chi connectivity index (χ3n) is 5.47. The van der Waals surface area contributed by atoms with Crippen LogP contribution in [0.5, 0.6) is 11.5 Å². The number of piperidine rings is 1. The van der Waals surface area contributed by atoms with Gasteiger partial charge in [0.2, 0.25) is 0 Å². The van der Waals surface area contributed by atoms with E-state index in [0.717, 1.165) is 50.5 Å². The van der Waals surface area contributed by atoms with Crippen molar-refractivity contribution in [2.24, 2.45) is 0 Å². The Morgan fingerprint density at radius 1 is 1.27 bits per heavy atom. The van der Waals surface area contributed by atoms with Gasteiger partial charge in [-0.3, -0.25) is 9.69 Å². The first-order chi connectivity index (χ1) is 12.1. The van der Waals surface area contributed by atoms with E-state index < -0.39 is 5.97 Å². The third kappa shape index (κ3) is 4.83. The fourth-order valence-corrected chi connectivity index (χ4v) is 3.90. The SMILES string of the molecule is CCCCCCOc1ccc2c(c1)C1(CCN(CC(=O)O)CC1)CO2.Cl. The number of ether oxygens (including phenoxy) is 2. The van der Waals surface area contributed by atoms with Gasteiger partial charge >= 0.3 is 5.97 Å². The van der Waals surface area contributed by atoms with Crippen LogP contribution >= 0.6 is 12.4 Å². The lowest BCUT2D eigenvalue weighted by Crippen LogP contribution is -2.45. The molecule has 146 valence electrons. The minimum Gasteiger partial charge on any atom is -0.494 e. The van der Waals surface area contributed by atoms with Crippen molar-refractivity contribution in [2.45, 2.75) is 50.9 Å². The number of unbranched alkanes of at least 4 members (excludes halogenated alkanes) is 3. The van der Waals surface area contributed by atoms with Gasteiger partial charge in [0.25, 0.3) is 0 Å². The van der Waals surface area contributed by atoms with Crippen molar-refractivity contribution in [3.63, 3.8) is 0 Å². The fraction of sp³-hybridized carbons (Fsp3) is 0.650. The first-order valence-electron chi connectivity index (χ1n) is 9.47. The molecule has 0 unspecified atom stereocenters. The number of carbonyl (C=O) groups is 1. The molecule has 1 aromatic rings. The smallest absolute Gasteiger partial charge is 0.317 e. The monoisotopic (exact) mass is 383 g/mol. The number of likely N-dealkylation sites (tertiary alicyclic amines) is 1. The quantitative estimate of drug-likeness (QED) is 0.690. The van der Waals surface area contributed by atoms with Gasteiger partial charge in [0.15, 0.2) is 0 Å². The van der Waals surface area contributed by atoms with Gasteiger partial charge in [-0.2, -0.15) is 0 Å². The highest BCUT2D eigenvalue weighted by atomic mass is 35.5. The van der Waals surface area contributed by atoms with Crippen LogP contribution in [0.4, 0.5) is 0 Å². The van der Waals surface area contributed by atoms with Crippen molar-refractivity contribution in [3.05, 3.63) is 23.8 Å². The van der Waals surface area contributed by atoms with Crippen molar-refractivity contribution in [3.8, 4) is 11.5 Å². The van der Waals surface area contributed by atoms with Crippen LogP contribution in [0.3, 0.4) is 0 Å². The lowest BCUT2D eigenvalue weighted by Gasteiger charge is -2.37. The van der Waals surface area contributed by atoms with Crippen molar-refractivity contribution in [1.29, 1.82) is 0 Å². The van der Waals surface area contributed by atoms with Crippen molar-refractivity contribution < 1.29 is 19.4 Å². The minimum atomic E-state index is -0.752. The molecule has 1 aromatic carbocycles. The van der Waals surface area contributed by atoms with Crippen molar-refractivity contribution in [1.82, 2.24) is 4.90 Å². The van der Waals surface area contributed by atoms with Crippen LogP contribution in [0.2, 0.25) is 0 Å².